The van der Waals surface area contributed by atoms with Crippen LogP contribution < -0.4 is 5.32 Å². The second-order valence-electron chi connectivity index (χ2n) is 5.71. The summed E-state index contributed by atoms with van der Waals surface area (Å²) in [6, 6.07) is 9.50. The summed E-state index contributed by atoms with van der Waals surface area (Å²) in [4.78, 5) is 31.8. The number of hydrogen-bond acceptors (Lipinski definition) is 4. The normalized spacial score (nSPS) is 15.6. The number of nitrogens with one attached hydrogen (secondary N) is 1. The van der Waals surface area contributed by atoms with Crippen LogP contribution in [0.15, 0.2) is 36.5 Å². The molecular formula is C17H20N4O2. The third-order valence-corrected chi connectivity index (χ3v) is 4.10. The van der Waals surface area contributed by atoms with Crippen LogP contribution in [0.3, 0.4) is 0 Å². The summed E-state index contributed by atoms with van der Waals surface area (Å²) in [5.41, 5.74) is 1.64. The van der Waals surface area contributed by atoms with Crippen molar-refractivity contribution in [3.63, 3.8) is 0 Å². The van der Waals surface area contributed by atoms with Gasteiger partial charge in [0.05, 0.1) is 17.7 Å². The van der Waals surface area contributed by atoms with Crippen molar-refractivity contribution >= 4 is 28.4 Å². The SMILES string of the molecule is CC(=O)N1CCN(CC(=O)Nc2cccc3ncccc23)CC1. The van der Waals surface area contributed by atoms with E-state index >= 15 is 0 Å². The number of benzene rings is 1. The van der Waals surface area contributed by atoms with Gasteiger partial charge in [-0.1, -0.05) is 6.07 Å². The third kappa shape index (κ3) is 3.65. The van der Waals surface area contributed by atoms with Gasteiger partial charge in [-0.3, -0.25) is 19.5 Å². The van der Waals surface area contributed by atoms with Crippen molar-refractivity contribution in [3.05, 3.63) is 36.5 Å². The number of hydrogen-bond donors (Lipinski definition) is 1. The first-order chi connectivity index (χ1) is 11.1. The number of pyridine rings is 1. The Morgan fingerprint density at radius 3 is 2.65 bits per heavy atom. The molecule has 120 valence electrons. The molecule has 2 heterocycles. The highest BCUT2D eigenvalue weighted by molar-refractivity contribution is 6.01. The number of aromatic nitrogens is 1. The maximum Gasteiger partial charge on any atom is 0.238 e. The van der Waals surface area contributed by atoms with E-state index in [2.05, 4.69) is 15.2 Å². The van der Waals surface area contributed by atoms with Gasteiger partial charge in [-0.2, -0.15) is 0 Å². The van der Waals surface area contributed by atoms with Crippen LogP contribution in [0.1, 0.15) is 6.92 Å². The number of carbonyl (C=O) groups is 2. The Kier molecular flexibility index (Phi) is 4.52. The smallest absolute Gasteiger partial charge is 0.238 e. The van der Waals surface area contributed by atoms with Crippen molar-refractivity contribution in [3.8, 4) is 0 Å². The summed E-state index contributed by atoms with van der Waals surface area (Å²) < 4.78 is 0. The van der Waals surface area contributed by atoms with Crippen molar-refractivity contribution in [1.82, 2.24) is 14.8 Å². The molecule has 0 spiro atoms. The molecule has 1 N–H and O–H groups in total. The van der Waals surface area contributed by atoms with Crippen LogP contribution in [0, 0.1) is 0 Å². The van der Waals surface area contributed by atoms with Crippen molar-refractivity contribution in [2.45, 2.75) is 6.92 Å². The predicted octanol–water partition coefficient (Wildman–Crippen LogP) is 1.34. The largest absolute Gasteiger partial charge is 0.340 e. The van der Waals surface area contributed by atoms with E-state index in [1.807, 2.05) is 35.2 Å². The van der Waals surface area contributed by atoms with E-state index < -0.39 is 0 Å². The van der Waals surface area contributed by atoms with Gasteiger partial charge in [-0.25, -0.2) is 0 Å². The van der Waals surface area contributed by atoms with Crippen molar-refractivity contribution in [1.29, 1.82) is 0 Å². The monoisotopic (exact) mass is 312 g/mol. The Morgan fingerprint density at radius 2 is 1.91 bits per heavy atom. The Bertz CT molecular complexity index is 718. The van der Waals surface area contributed by atoms with E-state index in [-0.39, 0.29) is 11.8 Å². The second kappa shape index (κ2) is 6.75. The summed E-state index contributed by atoms with van der Waals surface area (Å²) in [7, 11) is 0. The fourth-order valence-corrected chi connectivity index (χ4v) is 2.83. The predicted molar refractivity (Wildman–Crippen MR) is 89.1 cm³/mol. The molecule has 2 amide bonds. The average molecular weight is 312 g/mol. The number of amides is 2. The Labute approximate surface area is 135 Å². The quantitative estimate of drug-likeness (QED) is 0.929. The van der Waals surface area contributed by atoms with Crippen LogP contribution in [0.2, 0.25) is 0 Å². The van der Waals surface area contributed by atoms with E-state index in [1.165, 1.54) is 0 Å². The van der Waals surface area contributed by atoms with Crippen LogP contribution in [-0.4, -0.2) is 59.3 Å². The molecule has 0 atom stereocenters. The molecule has 3 rings (SSSR count). The first-order valence-electron chi connectivity index (χ1n) is 7.75. The number of nitrogens with zero attached hydrogens (tertiary/aromatic N) is 3. The van der Waals surface area contributed by atoms with Crippen LogP contribution in [0.4, 0.5) is 5.69 Å². The average Bonchev–Trinajstić information content (AvgIpc) is 2.55. The van der Waals surface area contributed by atoms with Gasteiger partial charge in [0.25, 0.3) is 0 Å². The Hall–Kier alpha value is -2.47. The zero-order valence-electron chi connectivity index (χ0n) is 13.2. The van der Waals surface area contributed by atoms with Gasteiger partial charge < -0.3 is 10.2 Å². The molecule has 1 aromatic carbocycles. The lowest BCUT2D eigenvalue weighted by Crippen LogP contribution is -2.49. The number of fused-ring (bicyclic) bond motifs is 1. The molecule has 23 heavy (non-hydrogen) atoms. The van der Waals surface area contributed by atoms with E-state index in [0.29, 0.717) is 19.6 Å². The first-order valence-corrected chi connectivity index (χ1v) is 7.75. The molecule has 0 saturated carbocycles. The Balaban J connectivity index is 1.60. The lowest BCUT2D eigenvalue weighted by Gasteiger charge is -2.33. The number of piperazine rings is 1. The minimum atomic E-state index is -0.0439. The lowest BCUT2D eigenvalue weighted by molar-refractivity contribution is -0.130. The van der Waals surface area contributed by atoms with Crippen LogP contribution in [0.25, 0.3) is 10.9 Å². The molecule has 0 radical (unpaired) electrons. The third-order valence-electron chi connectivity index (χ3n) is 4.10. The number of anilines is 1. The van der Waals surface area contributed by atoms with E-state index in [0.717, 1.165) is 29.7 Å². The van der Waals surface area contributed by atoms with E-state index in [9.17, 15) is 9.59 Å². The van der Waals surface area contributed by atoms with Crippen molar-refractivity contribution < 1.29 is 9.59 Å². The molecule has 1 fully saturated rings. The van der Waals surface area contributed by atoms with Crippen molar-refractivity contribution in [2.24, 2.45) is 0 Å². The van der Waals surface area contributed by atoms with Gasteiger partial charge in [0.1, 0.15) is 0 Å². The summed E-state index contributed by atoms with van der Waals surface area (Å²) in [5.74, 6) is 0.0509. The van der Waals surface area contributed by atoms with Crippen molar-refractivity contribution in [2.75, 3.05) is 38.0 Å². The summed E-state index contributed by atoms with van der Waals surface area (Å²) >= 11 is 0. The summed E-state index contributed by atoms with van der Waals surface area (Å²) in [6.07, 6.45) is 1.74. The van der Waals surface area contributed by atoms with Crippen LogP contribution in [-0.2, 0) is 9.59 Å². The second-order valence-corrected chi connectivity index (χ2v) is 5.71. The van der Waals surface area contributed by atoms with Gasteiger partial charge in [0, 0.05) is 44.7 Å². The molecule has 1 saturated heterocycles. The zero-order valence-corrected chi connectivity index (χ0v) is 13.2. The van der Waals surface area contributed by atoms with Gasteiger partial charge >= 0.3 is 0 Å². The zero-order chi connectivity index (χ0) is 16.2. The fraction of sp³-hybridized carbons (Fsp3) is 0.353. The molecule has 6 nitrogen and oxygen atoms in total. The highest BCUT2D eigenvalue weighted by Gasteiger charge is 2.20. The highest BCUT2D eigenvalue weighted by atomic mass is 16.2. The fourth-order valence-electron chi connectivity index (χ4n) is 2.83. The first kappa shape index (κ1) is 15.4. The Morgan fingerprint density at radius 1 is 1.13 bits per heavy atom. The van der Waals surface area contributed by atoms with Gasteiger partial charge in [-0.05, 0) is 24.3 Å². The highest BCUT2D eigenvalue weighted by Crippen LogP contribution is 2.21. The molecule has 0 unspecified atom stereocenters. The minimum absolute atomic E-state index is 0.0439. The maximum atomic E-state index is 12.3. The topological polar surface area (TPSA) is 65.5 Å². The van der Waals surface area contributed by atoms with Gasteiger partial charge in [0.15, 0.2) is 0 Å². The molecule has 2 aromatic rings. The molecule has 1 aliphatic rings. The lowest BCUT2D eigenvalue weighted by atomic mass is 10.2. The molecule has 0 bridgehead atoms. The number of carbonyl (C=O) groups excluding carboxylic acids is 2. The summed E-state index contributed by atoms with van der Waals surface area (Å²) in [5, 5.41) is 3.90. The molecule has 6 heteroatoms. The molecular weight excluding hydrogens is 292 g/mol. The maximum absolute atomic E-state index is 12.3. The molecule has 0 aliphatic carbocycles. The molecule has 1 aliphatic heterocycles. The number of rotatable bonds is 3. The minimum Gasteiger partial charge on any atom is -0.340 e. The molecule has 1 aromatic heterocycles. The van der Waals surface area contributed by atoms with Crippen LogP contribution in [0.5, 0.6) is 0 Å². The van der Waals surface area contributed by atoms with Crippen LogP contribution >= 0.6 is 0 Å². The standard InChI is InChI=1S/C17H20N4O2/c1-13(22)21-10-8-20(9-11-21)12-17(23)19-16-6-2-5-15-14(16)4-3-7-18-15/h2-7H,8-12H2,1H3,(H,19,23). The van der Waals surface area contributed by atoms with Gasteiger partial charge in [-0.15, -0.1) is 0 Å². The summed E-state index contributed by atoms with van der Waals surface area (Å²) in [6.45, 7) is 4.73. The van der Waals surface area contributed by atoms with E-state index in [1.54, 1.807) is 13.1 Å². The van der Waals surface area contributed by atoms with Gasteiger partial charge in [0.2, 0.25) is 11.8 Å². The van der Waals surface area contributed by atoms with E-state index in [4.69, 9.17) is 0 Å².